The third kappa shape index (κ3) is 6.41. The van der Waals surface area contributed by atoms with Gasteiger partial charge in [-0.1, -0.05) is 26.0 Å². The minimum Gasteiger partial charge on any atom is -0.369 e. The van der Waals surface area contributed by atoms with Gasteiger partial charge in [0.1, 0.15) is 6.10 Å². The van der Waals surface area contributed by atoms with Gasteiger partial charge in [-0.05, 0) is 43.9 Å². The Morgan fingerprint density at radius 1 is 1.12 bits per heavy atom. The topological polar surface area (TPSA) is 75.7 Å². The van der Waals surface area contributed by atoms with Crippen molar-refractivity contribution in [1.82, 2.24) is 9.62 Å². The molecule has 0 radical (unpaired) electrons. The highest BCUT2D eigenvalue weighted by Crippen LogP contribution is 2.18. The third-order valence-electron chi connectivity index (χ3n) is 3.95. The van der Waals surface area contributed by atoms with E-state index in [9.17, 15) is 13.2 Å². The molecule has 0 fully saturated rings. The van der Waals surface area contributed by atoms with Crippen LogP contribution in [0.15, 0.2) is 29.2 Å². The van der Waals surface area contributed by atoms with Gasteiger partial charge in [0.2, 0.25) is 15.9 Å². The van der Waals surface area contributed by atoms with Crippen LogP contribution in [0.5, 0.6) is 0 Å². The Morgan fingerprint density at radius 2 is 1.68 bits per heavy atom. The van der Waals surface area contributed by atoms with Gasteiger partial charge >= 0.3 is 0 Å². The van der Waals surface area contributed by atoms with Crippen molar-refractivity contribution in [2.75, 3.05) is 20.7 Å². The lowest BCUT2D eigenvalue weighted by Gasteiger charge is -2.19. The quantitative estimate of drug-likeness (QED) is 0.725. The second kappa shape index (κ2) is 9.31. The molecule has 0 saturated carbocycles. The first-order chi connectivity index (χ1) is 11.6. The normalized spacial score (nSPS) is 14.6. The van der Waals surface area contributed by atoms with E-state index in [-0.39, 0.29) is 16.8 Å². The Labute approximate surface area is 151 Å². The predicted octanol–water partition coefficient (Wildman–Crippen LogP) is 2.57. The number of nitrogens with one attached hydrogen (secondary N) is 1. The minimum atomic E-state index is -3.45. The second-order valence-electron chi connectivity index (χ2n) is 6.78. The maximum Gasteiger partial charge on any atom is 0.249 e. The average Bonchev–Trinajstić information content (AvgIpc) is 2.54. The number of sulfonamides is 1. The molecule has 7 heteroatoms. The monoisotopic (exact) mass is 370 g/mol. The molecule has 1 amide bonds. The van der Waals surface area contributed by atoms with Crippen molar-refractivity contribution in [2.24, 2.45) is 5.92 Å². The fourth-order valence-corrected chi connectivity index (χ4v) is 3.01. The lowest BCUT2D eigenvalue weighted by Crippen LogP contribution is -2.36. The Hall–Kier alpha value is -1.44. The minimum absolute atomic E-state index is 0.179. The van der Waals surface area contributed by atoms with Gasteiger partial charge < -0.3 is 10.1 Å². The van der Waals surface area contributed by atoms with Crippen LogP contribution in [-0.2, 0) is 19.6 Å². The number of rotatable bonds is 9. The second-order valence-corrected chi connectivity index (χ2v) is 8.93. The summed E-state index contributed by atoms with van der Waals surface area (Å²) in [7, 11) is -0.462. The van der Waals surface area contributed by atoms with Crippen LogP contribution in [0.2, 0.25) is 0 Å². The van der Waals surface area contributed by atoms with E-state index in [4.69, 9.17) is 4.74 Å². The first kappa shape index (κ1) is 21.6. The van der Waals surface area contributed by atoms with Crippen LogP contribution in [0.4, 0.5) is 0 Å². The first-order valence-electron chi connectivity index (χ1n) is 8.50. The van der Waals surface area contributed by atoms with Gasteiger partial charge in [0.25, 0.3) is 0 Å². The number of carbonyl (C=O) groups excluding carboxylic acids is 1. The molecule has 0 bridgehead atoms. The van der Waals surface area contributed by atoms with Crippen molar-refractivity contribution < 1.29 is 17.9 Å². The van der Waals surface area contributed by atoms with Crippen LogP contribution in [0.1, 0.15) is 45.7 Å². The fraction of sp³-hybridized carbons (Fsp3) is 0.611. The van der Waals surface area contributed by atoms with E-state index in [2.05, 4.69) is 19.2 Å². The highest BCUT2D eigenvalue weighted by atomic mass is 32.2. The molecular formula is C18H30N2O4S. The zero-order chi connectivity index (χ0) is 19.2. The molecule has 2 atom stereocenters. The molecule has 0 aromatic heterocycles. The van der Waals surface area contributed by atoms with E-state index in [1.54, 1.807) is 31.2 Å². The number of hydrogen-bond donors (Lipinski definition) is 1. The van der Waals surface area contributed by atoms with Crippen molar-refractivity contribution in [1.29, 1.82) is 0 Å². The molecule has 0 saturated heterocycles. The standard InChI is InChI=1S/C18H30N2O4S/c1-13(2)11-12-24-15(4)18(21)19-14(3)16-7-9-17(10-8-16)25(22,23)20(5)6/h7-10,13-15H,11-12H2,1-6H3,(H,19,21). The summed E-state index contributed by atoms with van der Waals surface area (Å²) < 4.78 is 30.9. The van der Waals surface area contributed by atoms with Gasteiger partial charge in [-0.25, -0.2) is 12.7 Å². The lowest BCUT2D eigenvalue weighted by atomic mass is 10.1. The molecule has 6 nitrogen and oxygen atoms in total. The number of benzene rings is 1. The van der Waals surface area contributed by atoms with Crippen molar-refractivity contribution in [2.45, 2.75) is 51.2 Å². The summed E-state index contributed by atoms with van der Waals surface area (Å²) in [6.45, 7) is 8.35. The van der Waals surface area contributed by atoms with Crippen molar-refractivity contribution >= 4 is 15.9 Å². The zero-order valence-corrected chi connectivity index (χ0v) is 16.8. The molecular weight excluding hydrogens is 340 g/mol. The predicted molar refractivity (Wildman–Crippen MR) is 98.7 cm³/mol. The van der Waals surface area contributed by atoms with Crippen LogP contribution in [0.3, 0.4) is 0 Å². The molecule has 1 aromatic rings. The summed E-state index contributed by atoms with van der Waals surface area (Å²) in [5.74, 6) is 0.354. The summed E-state index contributed by atoms with van der Waals surface area (Å²) in [6.07, 6.45) is 0.393. The molecule has 1 rings (SSSR count). The average molecular weight is 371 g/mol. The Morgan fingerprint density at radius 3 is 2.16 bits per heavy atom. The third-order valence-corrected chi connectivity index (χ3v) is 5.78. The van der Waals surface area contributed by atoms with Crippen molar-refractivity contribution in [3.8, 4) is 0 Å². The van der Waals surface area contributed by atoms with Gasteiger partial charge in [0.05, 0.1) is 10.9 Å². The van der Waals surface area contributed by atoms with Crippen LogP contribution in [-0.4, -0.2) is 45.4 Å². The smallest absolute Gasteiger partial charge is 0.249 e. The number of ether oxygens (including phenoxy) is 1. The molecule has 1 N–H and O–H groups in total. The summed E-state index contributed by atoms with van der Waals surface area (Å²) in [5.41, 5.74) is 0.834. The summed E-state index contributed by atoms with van der Waals surface area (Å²) >= 11 is 0. The van der Waals surface area contributed by atoms with E-state index in [0.717, 1.165) is 12.0 Å². The van der Waals surface area contributed by atoms with E-state index >= 15 is 0 Å². The molecule has 0 spiro atoms. The molecule has 0 aliphatic rings. The molecule has 25 heavy (non-hydrogen) atoms. The molecule has 0 aliphatic heterocycles. The molecule has 2 unspecified atom stereocenters. The van der Waals surface area contributed by atoms with E-state index < -0.39 is 16.1 Å². The number of hydrogen-bond acceptors (Lipinski definition) is 4. The van der Waals surface area contributed by atoms with Gasteiger partial charge in [-0.15, -0.1) is 0 Å². The first-order valence-corrected chi connectivity index (χ1v) is 9.94. The lowest BCUT2D eigenvalue weighted by molar-refractivity contribution is -0.132. The Kier molecular flexibility index (Phi) is 8.05. The van der Waals surface area contributed by atoms with E-state index in [1.165, 1.54) is 18.4 Å². The maximum absolute atomic E-state index is 12.2. The highest BCUT2D eigenvalue weighted by molar-refractivity contribution is 7.89. The SMILES string of the molecule is CC(C)CCOC(C)C(=O)NC(C)c1ccc(S(=O)(=O)N(C)C)cc1. The molecule has 0 heterocycles. The summed E-state index contributed by atoms with van der Waals surface area (Å²) in [4.78, 5) is 12.4. The van der Waals surface area contributed by atoms with Crippen LogP contribution in [0, 0.1) is 5.92 Å². The van der Waals surface area contributed by atoms with Crippen molar-refractivity contribution in [3.63, 3.8) is 0 Å². The summed E-state index contributed by atoms with van der Waals surface area (Å²) in [6, 6.07) is 6.29. The fourth-order valence-electron chi connectivity index (χ4n) is 2.11. The Bertz CT molecular complexity index is 654. The molecule has 0 aliphatic carbocycles. The largest absolute Gasteiger partial charge is 0.369 e. The van der Waals surface area contributed by atoms with Crippen LogP contribution < -0.4 is 5.32 Å². The number of carbonyl (C=O) groups is 1. The van der Waals surface area contributed by atoms with Gasteiger partial charge in [0.15, 0.2) is 0 Å². The van der Waals surface area contributed by atoms with E-state index in [0.29, 0.717) is 12.5 Å². The van der Waals surface area contributed by atoms with Gasteiger partial charge in [-0.2, -0.15) is 0 Å². The van der Waals surface area contributed by atoms with E-state index in [1.807, 2.05) is 6.92 Å². The highest BCUT2D eigenvalue weighted by Gasteiger charge is 2.19. The van der Waals surface area contributed by atoms with Crippen LogP contribution >= 0.6 is 0 Å². The van der Waals surface area contributed by atoms with Gasteiger partial charge in [0, 0.05) is 20.7 Å². The maximum atomic E-state index is 12.2. The van der Waals surface area contributed by atoms with Crippen molar-refractivity contribution in [3.05, 3.63) is 29.8 Å². The van der Waals surface area contributed by atoms with Crippen LogP contribution in [0.25, 0.3) is 0 Å². The summed E-state index contributed by atoms with van der Waals surface area (Å²) in [5, 5.41) is 2.89. The van der Waals surface area contributed by atoms with Gasteiger partial charge in [-0.3, -0.25) is 4.79 Å². The Balaban J connectivity index is 2.65. The molecule has 1 aromatic carbocycles. The number of nitrogens with zero attached hydrogens (tertiary/aromatic N) is 1. The number of amides is 1. The zero-order valence-electron chi connectivity index (χ0n) is 15.9. The molecule has 142 valence electrons.